The minimum Gasteiger partial charge on any atom is -0.444 e. The maximum atomic E-state index is 14.8. The highest BCUT2D eigenvalue weighted by molar-refractivity contribution is 5.87. The van der Waals surface area contributed by atoms with Gasteiger partial charge in [0.2, 0.25) is 11.8 Å². The second-order valence-electron chi connectivity index (χ2n) is 25.7. The Bertz CT molecular complexity index is 2880. The normalized spacial score (nSPS) is 11.7. The molecule has 544 valence electrons. The average Bonchev–Trinajstić information content (AvgIpc) is 0.947. The highest BCUT2D eigenvalue weighted by Gasteiger charge is 2.30. The minimum absolute atomic E-state index is 0.0813. The molecule has 0 heterocycles. The molecule has 0 saturated carbocycles. The number of carbonyl (C=O) groups excluding carboxylic acids is 3. The molecule has 0 saturated heterocycles. The Hall–Kier alpha value is -8.51. The molecule has 0 aliphatic carbocycles. The summed E-state index contributed by atoms with van der Waals surface area (Å²) >= 11 is 0. The zero-order valence-electron chi connectivity index (χ0n) is 59.1. The Labute approximate surface area is 601 Å². The van der Waals surface area contributed by atoms with Gasteiger partial charge in [0, 0.05) is 0 Å². The van der Waals surface area contributed by atoms with E-state index >= 15 is 0 Å². The first-order chi connectivity index (χ1) is 49.9. The SMILES string of the molecule is CC(C)(C)OC(=O)N(CC(=O)NC(COC(COCc1ccccc1)COCc1ccccc1)COC(COCc1ccccc1)COCc1ccccc1)CC(=O)NC(COC(COCc1ccccc1)COCc1ccccc1)COC(COCc1ccccc1)COCc1ccccc1. The number of hydrogen-bond donors (Lipinski definition) is 2. The fourth-order valence-electron chi connectivity index (χ4n) is 10.3. The molecule has 0 spiro atoms. The van der Waals surface area contributed by atoms with Crippen molar-refractivity contribution < 1.29 is 76.0 Å². The van der Waals surface area contributed by atoms with E-state index in [0.717, 1.165) is 49.4 Å². The van der Waals surface area contributed by atoms with Crippen LogP contribution < -0.4 is 10.6 Å². The van der Waals surface area contributed by atoms with E-state index in [9.17, 15) is 14.4 Å². The summed E-state index contributed by atoms with van der Waals surface area (Å²) in [6.45, 7) is 7.45. The quantitative estimate of drug-likeness (QED) is 0.0365. The van der Waals surface area contributed by atoms with Gasteiger partial charge in [-0.05, 0) is 65.3 Å². The maximum Gasteiger partial charge on any atom is 0.411 e. The number of rotatable bonds is 50. The number of carbonyl (C=O) groups is 3. The zero-order chi connectivity index (χ0) is 71.3. The standard InChI is InChI=1S/C83H101N3O16/c1-83(2,3)102-82(89)86(44-80(87)84-74(54-98-76(58-90-46-66-28-12-4-13-29-66)59-91-47-67-30-14-5-15-31-67)55-99-77(60-92-48-68-32-16-6-17-33-68)61-93-49-69-34-18-7-19-35-69)45-81(88)85-75(56-100-78(62-94-50-70-36-20-8-21-37-70)63-95-51-71-38-22-9-23-39-71)57-101-79(64-96-52-72-40-24-10-25-41-72)65-97-53-73-42-26-11-27-43-73/h4-43,74-79H,44-65H2,1-3H3,(H,84,87)(H,85,88). The van der Waals surface area contributed by atoms with Crippen molar-refractivity contribution in [1.29, 1.82) is 0 Å². The molecule has 8 aromatic rings. The van der Waals surface area contributed by atoms with Gasteiger partial charge in [0.05, 0.1) is 144 Å². The lowest BCUT2D eigenvalue weighted by Crippen LogP contribution is -2.53. The van der Waals surface area contributed by atoms with Crippen LogP contribution in [-0.2, 0) is 124 Å². The van der Waals surface area contributed by atoms with Crippen LogP contribution in [0.2, 0.25) is 0 Å². The molecule has 0 bridgehead atoms. The first kappa shape index (κ1) is 79.2. The van der Waals surface area contributed by atoms with Gasteiger partial charge in [-0.15, -0.1) is 0 Å². The van der Waals surface area contributed by atoms with E-state index in [-0.39, 0.29) is 79.3 Å². The van der Waals surface area contributed by atoms with Crippen molar-refractivity contribution in [1.82, 2.24) is 15.5 Å². The third-order valence-corrected chi connectivity index (χ3v) is 15.5. The Morgan fingerprint density at radius 2 is 0.461 bits per heavy atom. The van der Waals surface area contributed by atoms with E-state index in [2.05, 4.69) is 10.6 Å². The summed E-state index contributed by atoms with van der Waals surface area (Å²) in [5, 5.41) is 6.14. The molecule has 0 aliphatic rings. The van der Waals surface area contributed by atoms with Gasteiger partial charge in [0.15, 0.2) is 0 Å². The Morgan fingerprint density at radius 1 is 0.284 bits per heavy atom. The van der Waals surface area contributed by atoms with Crippen molar-refractivity contribution in [2.45, 2.75) is 116 Å². The predicted octanol–water partition coefficient (Wildman–Crippen LogP) is 12.5. The second-order valence-corrected chi connectivity index (χ2v) is 25.7. The fraction of sp³-hybridized carbons (Fsp3) is 0.386. The number of nitrogens with one attached hydrogen (secondary N) is 2. The van der Waals surface area contributed by atoms with E-state index in [4.69, 9.17) is 61.6 Å². The van der Waals surface area contributed by atoms with Crippen LogP contribution in [0.3, 0.4) is 0 Å². The molecule has 0 unspecified atom stereocenters. The molecule has 19 nitrogen and oxygen atoms in total. The summed E-state index contributed by atoms with van der Waals surface area (Å²) in [6, 6.07) is 76.9. The van der Waals surface area contributed by atoms with Crippen LogP contribution in [-0.4, -0.2) is 157 Å². The van der Waals surface area contributed by atoms with Gasteiger partial charge >= 0.3 is 6.09 Å². The first-order valence-corrected chi connectivity index (χ1v) is 34.9. The molecule has 8 aromatic carbocycles. The molecule has 19 heteroatoms. The predicted molar refractivity (Wildman–Crippen MR) is 389 cm³/mol. The molecule has 0 aliphatic heterocycles. The van der Waals surface area contributed by atoms with E-state index in [1.54, 1.807) is 20.8 Å². The number of ether oxygens (including phenoxy) is 13. The fourth-order valence-corrected chi connectivity index (χ4v) is 10.3. The smallest absolute Gasteiger partial charge is 0.411 e. The van der Waals surface area contributed by atoms with Crippen molar-refractivity contribution in [3.63, 3.8) is 0 Å². The lowest BCUT2D eigenvalue weighted by Gasteiger charge is -2.29. The van der Waals surface area contributed by atoms with Crippen LogP contribution in [0.15, 0.2) is 243 Å². The van der Waals surface area contributed by atoms with Gasteiger partial charge in [0.1, 0.15) is 43.1 Å². The Kier molecular flexibility index (Phi) is 36.4. The van der Waals surface area contributed by atoms with Gasteiger partial charge in [-0.25, -0.2) is 4.79 Å². The molecule has 2 N–H and O–H groups in total. The summed E-state index contributed by atoms with van der Waals surface area (Å²) in [5.41, 5.74) is 6.86. The highest BCUT2D eigenvalue weighted by Crippen LogP contribution is 2.15. The van der Waals surface area contributed by atoms with Crippen LogP contribution in [0.1, 0.15) is 65.3 Å². The number of hydrogen-bond acceptors (Lipinski definition) is 16. The minimum atomic E-state index is -1.02. The lowest BCUT2D eigenvalue weighted by molar-refractivity contribution is -0.129. The number of amides is 3. The lowest BCUT2D eigenvalue weighted by atomic mass is 10.2. The molecule has 8 rings (SSSR count). The largest absolute Gasteiger partial charge is 0.444 e. The molecular weight excluding hydrogens is 1290 g/mol. The van der Waals surface area contributed by atoms with E-state index in [1.807, 2.05) is 243 Å². The van der Waals surface area contributed by atoms with Gasteiger partial charge in [-0.1, -0.05) is 243 Å². The van der Waals surface area contributed by atoms with E-state index < -0.39 is 73.1 Å². The maximum absolute atomic E-state index is 14.8. The molecule has 3 amide bonds. The summed E-state index contributed by atoms with van der Waals surface area (Å²) in [7, 11) is 0. The molecular formula is C83H101N3O16. The van der Waals surface area contributed by atoms with Crippen molar-refractivity contribution in [3.8, 4) is 0 Å². The van der Waals surface area contributed by atoms with Gasteiger partial charge in [0.25, 0.3) is 0 Å². The Morgan fingerprint density at radius 3 is 0.627 bits per heavy atom. The van der Waals surface area contributed by atoms with Gasteiger partial charge < -0.3 is 72.2 Å². The van der Waals surface area contributed by atoms with Crippen molar-refractivity contribution in [2.75, 3.05) is 92.4 Å². The number of nitrogens with zero attached hydrogens (tertiary/aromatic N) is 1. The Balaban J connectivity index is 1.01. The molecule has 102 heavy (non-hydrogen) atoms. The van der Waals surface area contributed by atoms with E-state index in [0.29, 0.717) is 52.9 Å². The van der Waals surface area contributed by atoms with Crippen LogP contribution in [0.25, 0.3) is 0 Å². The first-order valence-electron chi connectivity index (χ1n) is 34.9. The van der Waals surface area contributed by atoms with Crippen LogP contribution in [0.5, 0.6) is 0 Å². The van der Waals surface area contributed by atoms with Crippen LogP contribution in [0.4, 0.5) is 4.79 Å². The van der Waals surface area contributed by atoms with Gasteiger partial charge in [-0.3, -0.25) is 14.5 Å². The van der Waals surface area contributed by atoms with E-state index in [1.165, 1.54) is 0 Å². The molecule has 0 aromatic heterocycles. The monoisotopic (exact) mass is 1400 g/mol. The summed E-state index contributed by atoms with van der Waals surface area (Å²) in [4.78, 5) is 45.1. The molecule has 0 radical (unpaired) electrons. The van der Waals surface area contributed by atoms with Crippen molar-refractivity contribution in [3.05, 3.63) is 287 Å². The van der Waals surface area contributed by atoms with Crippen molar-refractivity contribution >= 4 is 17.9 Å². The van der Waals surface area contributed by atoms with Crippen LogP contribution in [0, 0.1) is 0 Å². The summed E-state index contributed by atoms with van der Waals surface area (Å²) in [6.07, 6.45) is -3.31. The third-order valence-electron chi connectivity index (χ3n) is 15.5. The highest BCUT2D eigenvalue weighted by atomic mass is 16.6. The molecule has 0 atom stereocenters. The van der Waals surface area contributed by atoms with Crippen LogP contribution >= 0.6 is 0 Å². The van der Waals surface area contributed by atoms with Crippen molar-refractivity contribution in [2.24, 2.45) is 0 Å². The number of benzene rings is 8. The summed E-state index contributed by atoms with van der Waals surface area (Å²) in [5.74, 6) is -1.27. The topological polar surface area (TPSA) is 198 Å². The second kappa shape index (κ2) is 46.9. The molecule has 0 fully saturated rings. The average molecular weight is 1400 g/mol. The third kappa shape index (κ3) is 34.0. The summed E-state index contributed by atoms with van der Waals surface area (Å²) < 4.78 is 82.2. The van der Waals surface area contributed by atoms with Gasteiger partial charge in [-0.2, -0.15) is 0 Å². The zero-order valence-corrected chi connectivity index (χ0v) is 59.1.